The summed E-state index contributed by atoms with van der Waals surface area (Å²) in [4.78, 5) is 4.10. The molecule has 0 rings (SSSR count). The van der Waals surface area contributed by atoms with Crippen molar-refractivity contribution in [3.05, 3.63) is 86.4 Å². The Balaban J connectivity index is 5.09. The molecular formula is C18H23NO. The predicted molar refractivity (Wildman–Crippen MR) is 89.5 cm³/mol. The van der Waals surface area contributed by atoms with Crippen LogP contribution in [0.1, 0.15) is 13.8 Å². The van der Waals surface area contributed by atoms with Crippen LogP contribution in [0.3, 0.4) is 0 Å². The van der Waals surface area contributed by atoms with Gasteiger partial charge in [0.25, 0.3) is 0 Å². The maximum Gasteiger partial charge on any atom is 0.218 e. The fourth-order valence-electron chi connectivity index (χ4n) is 1.24. The van der Waals surface area contributed by atoms with E-state index < -0.39 is 0 Å². The van der Waals surface area contributed by atoms with Crippen molar-refractivity contribution >= 4 is 5.90 Å². The Morgan fingerprint density at radius 1 is 1.00 bits per heavy atom. The molecule has 0 amide bonds. The Hall–Kier alpha value is -2.35. The lowest BCUT2D eigenvalue weighted by atomic mass is 10.0. The van der Waals surface area contributed by atoms with Gasteiger partial charge in [-0.25, -0.2) is 4.99 Å². The molecule has 106 valence electrons. The van der Waals surface area contributed by atoms with Crippen molar-refractivity contribution in [1.82, 2.24) is 0 Å². The minimum atomic E-state index is 0.396. The molecular weight excluding hydrogens is 246 g/mol. The second kappa shape index (κ2) is 10.6. The van der Waals surface area contributed by atoms with Crippen LogP contribution >= 0.6 is 0 Å². The molecule has 0 saturated heterocycles. The third-order valence-electron chi connectivity index (χ3n) is 2.36. The van der Waals surface area contributed by atoms with Crippen LogP contribution in [0.25, 0.3) is 0 Å². The van der Waals surface area contributed by atoms with E-state index in [-0.39, 0.29) is 0 Å². The average molecular weight is 269 g/mol. The first kappa shape index (κ1) is 17.6. The number of allylic oxidation sites excluding steroid dienone is 7. The average Bonchev–Trinajstić information content (AvgIpc) is 2.44. The summed E-state index contributed by atoms with van der Waals surface area (Å²) in [6.45, 7) is 18.9. The van der Waals surface area contributed by atoms with Gasteiger partial charge in [0.15, 0.2) is 0 Å². The molecule has 0 aliphatic rings. The summed E-state index contributed by atoms with van der Waals surface area (Å²) in [5.74, 6) is 1.39. The van der Waals surface area contributed by atoms with E-state index in [0.717, 1.165) is 5.57 Å². The Morgan fingerprint density at radius 2 is 1.70 bits per heavy atom. The van der Waals surface area contributed by atoms with Crippen LogP contribution in [-0.2, 0) is 4.74 Å². The van der Waals surface area contributed by atoms with Gasteiger partial charge in [0.05, 0.1) is 0 Å². The van der Waals surface area contributed by atoms with E-state index in [9.17, 15) is 0 Å². The minimum Gasteiger partial charge on any atom is -0.439 e. The highest BCUT2D eigenvalue weighted by Crippen LogP contribution is 2.12. The SMILES string of the molecule is C=C/C=C\N=C(C=C)O/C(C=C)=C/C=C(\C=C)C(C)C. The van der Waals surface area contributed by atoms with E-state index in [4.69, 9.17) is 4.74 Å². The van der Waals surface area contributed by atoms with E-state index in [1.807, 2.05) is 18.2 Å². The van der Waals surface area contributed by atoms with Crippen molar-refractivity contribution in [3.63, 3.8) is 0 Å². The summed E-state index contributed by atoms with van der Waals surface area (Å²) in [6.07, 6.45) is 13.7. The van der Waals surface area contributed by atoms with Gasteiger partial charge < -0.3 is 4.74 Å². The fourth-order valence-corrected chi connectivity index (χ4v) is 1.24. The normalized spacial score (nSPS) is 13.4. The second-order valence-corrected chi connectivity index (χ2v) is 4.15. The molecule has 0 N–H and O–H groups in total. The number of rotatable bonds is 8. The van der Waals surface area contributed by atoms with Gasteiger partial charge in [0, 0.05) is 6.20 Å². The highest BCUT2D eigenvalue weighted by Gasteiger charge is 1.99. The van der Waals surface area contributed by atoms with Gasteiger partial charge in [-0.1, -0.05) is 58.4 Å². The molecule has 0 aliphatic heterocycles. The summed E-state index contributed by atoms with van der Waals surface area (Å²) in [5.41, 5.74) is 1.12. The summed E-state index contributed by atoms with van der Waals surface area (Å²) in [6, 6.07) is 0. The molecule has 0 heterocycles. The maximum absolute atomic E-state index is 5.58. The Labute approximate surface area is 122 Å². The van der Waals surface area contributed by atoms with Crippen LogP contribution in [0.15, 0.2) is 91.4 Å². The van der Waals surface area contributed by atoms with E-state index in [1.54, 1.807) is 24.4 Å². The smallest absolute Gasteiger partial charge is 0.218 e. The summed E-state index contributed by atoms with van der Waals surface area (Å²) < 4.78 is 5.58. The maximum atomic E-state index is 5.58. The number of hydrogen-bond donors (Lipinski definition) is 0. The first-order chi connectivity index (χ1) is 9.58. The van der Waals surface area contributed by atoms with Gasteiger partial charge in [0.2, 0.25) is 5.90 Å². The molecule has 0 aromatic heterocycles. The predicted octanol–water partition coefficient (Wildman–Crippen LogP) is 5.13. The number of nitrogens with zero attached hydrogens (tertiary/aromatic N) is 1. The van der Waals surface area contributed by atoms with Crippen molar-refractivity contribution < 1.29 is 4.74 Å². The number of aliphatic imine (C=N–C) groups is 1. The van der Waals surface area contributed by atoms with Crippen LogP contribution in [0.4, 0.5) is 0 Å². The van der Waals surface area contributed by atoms with Gasteiger partial charge in [-0.05, 0) is 35.8 Å². The highest BCUT2D eigenvalue weighted by molar-refractivity contribution is 5.88. The van der Waals surface area contributed by atoms with Crippen LogP contribution in [-0.4, -0.2) is 5.90 Å². The van der Waals surface area contributed by atoms with Gasteiger partial charge >= 0.3 is 0 Å². The molecule has 0 saturated carbocycles. The molecule has 0 aromatic carbocycles. The van der Waals surface area contributed by atoms with Crippen molar-refractivity contribution in [2.75, 3.05) is 0 Å². The van der Waals surface area contributed by atoms with Crippen LogP contribution in [0.2, 0.25) is 0 Å². The first-order valence-corrected chi connectivity index (χ1v) is 6.41. The van der Waals surface area contributed by atoms with Crippen molar-refractivity contribution in [2.24, 2.45) is 10.9 Å². The van der Waals surface area contributed by atoms with Crippen LogP contribution in [0, 0.1) is 5.92 Å². The van der Waals surface area contributed by atoms with Crippen molar-refractivity contribution in [3.8, 4) is 0 Å². The Kier molecular flexibility index (Phi) is 9.32. The molecule has 20 heavy (non-hydrogen) atoms. The molecule has 2 nitrogen and oxygen atoms in total. The summed E-state index contributed by atoms with van der Waals surface area (Å²) in [5, 5.41) is 0. The van der Waals surface area contributed by atoms with E-state index in [2.05, 4.69) is 45.2 Å². The lowest BCUT2D eigenvalue weighted by Crippen LogP contribution is -1.99. The van der Waals surface area contributed by atoms with E-state index >= 15 is 0 Å². The van der Waals surface area contributed by atoms with Crippen molar-refractivity contribution in [2.45, 2.75) is 13.8 Å². The zero-order valence-electron chi connectivity index (χ0n) is 12.4. The molecule has 0 unspecified atom stereocenters. The molecule has 0 radical (unpaired) electrons. The van der Waals surface area contributed by atoms with Crippen LogP contribution < -0.4 is 0 Å². The Bertz CT molecular complexity index is 474. The van der Waals surface area contributed by atoms with Gasteiger partial charge in [-0.2, -0.15) is 0 Å². The van der Waals surface area contributed by atoms with Crippen molar-refractivity contribution in [1.29, 1.82) is 0 Å². The van der Waals surface area contributed by atoms with E-state index in [0.29, 0.717) is 17.6 Å². The fraction of sp³-hybridized carbons (Fsp3) is 0.167. The standard InChI is InChI=1S/C18H23NO/c1-7-11-14-19-18(10-4)20-17(9-3)13-12-16(8-2)15(5)6/h7-15H,1-4H2,5-6H3/b14-11-,16-12+,17-13+,19-18?. The molecule has 0 aromatic rings. The molecule has 0 fully saturated rings. The number of ether oxygens (including phenoxy) is 1. The largest absolute Gasteiger partial charge is 0.439 e. The molecule has 0 aliphatic carbocycles. The first-order valence-electron chi connectivity index (χ1n) is 6.41. The van der Waals surface area contributed by atoms with Gasteiger partial charge in [-0.15, -0.1) is 0 Å². The Morgan fingerprint density at radius 3 is 2.15 bits per heavy atom. The third kappa shape index (κ3) is 7.17. The molecule has 0 bridgehead atoms. The highest BCUT2D eigenvalue weighted by atomic mass is 16.5. The minimum absolute atomic E-state index is 0.396. The summed E-state index contributed by atoms with van der Waals surface area (Å²) in [7, 11) is 0. The monoisotopic (exact) mass is 269 g/mol. The third-order valence-corrected chi connectivity index (χ3v) is 2.36. The molecule has 2 heteroatoms. The van der Waals surface area contributed by atoms with E-state index in [1.165, 1.54) is 6.08 Å². The lowest BCUT2D eigenvalue weighted by molar-refractivity contribution is 0.438. The lowest BCUT2D eigenvalue weighted by Gasteiger charge is -2.06. The topological polar surface area (TPSA) is 21.6 Å². The molecule has 0 spiro atoms. The quantitative estimate of drug-likeness (QED) is 0.259. The zero-order valence-corrected chi connectivity index (χ0v) is 12.4. The zero-order chi connectivity index (χ0) is 15.4. The van der Waals surface area contributed by atoms with Gasteiger partial charge in [-0.3, -0.25) is 0 Å². The van der Waals surface area contributed by atoms with Gasteiger partial charge in [0.1, 0.15) is 5.76 Å². The molecule has 0 atom stereocenters. The van der Waals surface area contributed by atoms with Crippen LogP contribution in [0.5, 0.6) is 0 Å². The number of hydrogen-bond acceptors (Lipinski definition) is 2. The summed E-state index contributed by atoms with van der Waals surface area (Å²) >= 11 is 0. The second-order valence-electron chi connectivity index (χ2n) is 4.15.